The van der Waals surface area contributed by atoms with Crippen LogP contribution < -0.4 is 15.0 Å². The second-order valence-electron chi connectivity index (χ2n) is 7.96. The number of aromatic hydroxyl groups is 1. The molecule has 2 aromatic rings. The van der Waals surface area contributed by atoms with E-state index in [0.29, 0.717) is 13.1 Å². The van der Waals surface area contributed by atoms with E-state index in [-0.39, 0.29) is 42.4 Å². The van der Waals surface area contributed by atoms with Gasteiger partial charge in [0.1, 0.15) is 23.7 Å². The number of hydrogen-bond donors (Lipinski definition) is 2. The fourth-order valence-electron chi connectivity index (χ4n) is 3.97. The lowest BCUT2D eigenvalue weighted by molar-refractivity contribution is -0.114. The van der Waals surface area contributed by atoms with Gasteiger partial charge in [-0.15, -0.1) is 12.4 Å². The van der Waals surface area contributed by atoms with E-state index in [1.807, 2.05) is 24.3 Å². The number of likely N-dealkylation sites (tertiary alicyclic amines) is 1. The van der Waals surface area contributed by atoms with Crippen LogP contribution in [0.25, 0.3) is 0 Å². The van der Waals surface area contributed by atoms with Crippen molar-refractivity contribution in [1.82, 2.24) is 4.90 Å². The summed E-state index contributed by atoms with van der Waals surface area (Å²) < 4.78 is 11.6. The lowest BCUT2D eigenvalue weighted by Crippen LogP contribution is -2.42. The van der Waals surface area contributed by atoms with Crippen LogP contribution in [-0.4, -0.2) is 60.4 Å². The van der Waals surface area contributed by atoms with Crippen molar-refractivity contribution in [1.29, 1.82) is 0 Å². The van der Waals surface area contributed by atoms with Crippen LogP contribution in [0.1, 0.15) is 19.8 Å². The Morgan fingerprint density at radius 3 is 2.41 bits per heavy atom. The topological polar surface area (TPSA) is 91.3 Å². The molecule has 0 unspecified atom stereocenters. The van der Waals surface area contributed by atoms with Gasteiger partial charge in [0.25, 0.3) is 0 Å². The van der Waals surface area contributed by atoms with Crippen molar-refractivity contribution in [3.63, 3.8) is 0 Å². The number of nitrogens with zero attached hydrogens (tertiary/aromatic N) is 2. The number of ether oxygens (including phenoxy) is 2. The van der Waals surface area contributed by atoms with Gasteiger partial charge < -0.3 is 19.9 Å². The van der Waals surface area contributed by atoms with E-state index >= 15 is 0 Å². The minimum Gasteiger partial charge on any atom is -0.508 e. The molecule has 0 aromatic heterocycles. The summed E-state index contributed by atoms with van der Waals surface area (Å²) in [7, 11) is 0. The SMILES string of the molecule is CC(=O)Nc1ccc(OC2CCN(C[C@@H]3CN(c4ccc(O)cc4)C(=O)O3)CC2)cc1.Cl. The molecule has 2 N–H and O–H groups in total. The van der Waals surface area contributed by atoms with Crippen LogP contribution in [0.15, 0.2) is 48.5 Å². The smallest absolute Gasteiger partial charge is 0.414 e. The molecule has 8 nitrogen and oxygen atoms in total. The van der Waals surface area contributed by atoms with Crippen LogP contribution in [0.5, 0.6) is 11.5 Å². The number of rotatable bonds is 6. The van der Waals surface area contributed by atoms with E-state index in [1.165, 1.54) is 6.92 Å². The molecular formula is C23H28ClN3O5. The normalized spacial score (nSPS) is 19.2. The van der Waals surface area contributed by atoms with Crippen molar-refractivity contribution in [3.8, 4) is 11.5 Å². The average molecular weight is 462 g/mol. The third kappa shape index (κ3) is 6.05. The Bertz CT molecular complexity index is 914. The molecule has 0 radical (unpaired) electrons. The van der Waals surface area contributed by atoms with Crippen LogP contribution in [0.3, 0.4) is 0 Å². The summed E-state index contributed by atoms with van der Waals surface area (Å²) in [6.45, 7) is 4.43. The Hall–Kier alpha value is -2.97. The van der Waals surface area contributed by atoms with E-state index in [2.05, 4.69) is 10.2 Å². The molecule has 2 fully saturated rings. The lowest BCUT2D eigenvalue weighted by atomic mass is 10.1. The zero-order chi connectivity index (χ0) is 21.8. The van der Waals surface area contributed by atoms with Crippen LogP contribution in [0.2, 0.25) is 0 Å². The zero-order valence-electron chi connectivity index (χ0n) is 17.9. The predicted molar refractivity (Wildman–Crippen MR) is 124 cm³/mol. The molecule has 0 aliphatic carbocycles. The molecule has 2 aromatic carbocycles. The molecule has 2 amide bonds. The van der Waals surface area contributed by atoms with E-state index in [9.17, 15) is 14.7 Å². The van der Waals surface area contributed by atoms with Crippen LogP contribution >= 0.6 is 12.4 Å². The van der Waals surface area contributed by atoms with Gasteiger partial charge in [-0.1, -0.05) is 0 Å². The molecule has 4 rings (SSSR count). The molecule has 0 saturated carbocycles. The second kappa shape index (κ2) is 10.6. The first-order valence-electron chi connectivity index (χ1n) is 10.5. The maximum absolute atomic E-state index is 12.2. The Balaban J connectivity index is 0.00000289. The largest absolute Gasteiger partial charge is 0.508 e. The van der Waals surface area contributed by atoms with Gasteiger partial charge >= 0.3 is 6.09 Å². The highest BCUT2D eigenvalue weighted by molar-refractivity contribution is 5.90. The first-order chi connectivity index (χ1) is 15.0. The molecule has 2 saturated heterocycles. The van der Waals surface area contributed by atoms with Gasteiger partial charge in [-0.2, -0.15) is 0 Å². The minimum atomic E-state index is -0.350. The van der Waals surface area contributed by atoms with Gasteiger partial charge in [0.15, 0.2) is 0 Å². The molecular weight excluding hydrogens is 434 g/mol. The van der Waals surface area contributed by atoms with Gasteiger partial charge in [-0.25, -0.2) is 4.79 Å². The number of carbonyl (C=O) groups excluding carboxylic acids is 2. The van der Waals surface area contributed by atoms with Gasteiger partial charge in [0, 0.05) is 37.9 Å². The van der Waals surface area contributed by atoms with Crippen molar-refractivity contribution >= 4 is 35.8 Å². The summed E-state index contributed by atoms with van der Waals surface area (Å²) in [6.07, 6.45) is 1.41. The summed E-state index contributed by atoms with van der Waals surface area (Å²) in [6, 6.07) is 14.0. The Morgan fingerprint density at radius 1 is 1.12 bits per heavy atom. The lowest BCUT2D eigenvalue weighted by Gasteiger charge is -2.33. The molecule has 2 heterocycles. The quantitative estimate of drug-likeness (QED) is 0.682. The first kappa shape index (κ1) is 23.7. The molecule has 172 valence electrons. The van der Waals surface area contributed by atoms with Crippen molar-refractivity contribution in [2.24, 2.45) is 0 Å². The van der Waals surface area contributed by atoms with Crippen molar-refractivity contribution in [3.05, 3.63) is 48.5 Å². The van der Waals surface area contributed by atoms with Gasteiger partial charge in [0.05, 0.1) is 6.54 Å². The number of carbonyl (C=O) groups is 2. The number of anilines is 2. The molecule has 32 heavy (non-hydrogen) atoms. The number of nitrogens with one attached hydrogen (secondary N) is 1. The first-order valence-corrected chi connectivity index (χ1v) is 10.5. The van der Waals surface area contributed by atoms with Crippen LogP contribution in [-0.2, 0) is 9.53 Å². The summed E-state index contributed by atoms with van der Waals surface area (Å²) in [5, 5.41) is 12.2. The van der Waals surface area contributed by atoms with Gasteiger partial charge in [0.2, 0.25) is 5.91 Å². The van der Waals surface area contributed by atoms with Crippen LogP contribution in [0, 0.1) is 0 Å². The molecule has 0 bridgehead atoms. The zero-order valence-corrected chi connectivity index (χ0v) is 18.7. The minimum absolute atomic E-state index is 0. The maximum Gasteiger partial charge on any atom is 0.414 e. The highest BCUT2D eigenvalue weighted by Crippen LogP contribution is 2.25. The number of cyclic esters (lactones) is 1. The third-order valence-electron chi connectivity index (χ3n) is 5.51. The number of benzene rings is 2. The third-order valence-corrected chi connectivity index (χ3v) is 5.51. The predicted octanol–water partition coefficient (Wildman–Crippen LogP) is 3.64. The summed E-state index contributed by atoms with van der Waals surface area (Å²) in [5.74, 6) is 0.864. The Morgan fingerprint density at radius 2 is 1.78 bits per heavy atom. The van der Waals surface area contributed by atoms with E-state index in [1.54, 1.807) is 29.2 Å². The Kier molecular flexibility index (Phi) is 7.82. The van der Waals surface area contributed by atoms with Gasteiger partial charge in [-0.3, -0.25) is 14.6 Å². The number of amides is 2. The van der Waals surface area contributed by atoms with Gasteiger partial charge in [-0.05, 0) is 61.4 Å². The van der Waals surface area contributed by atoms with Crippen molar-refractivity contribution in [2.75, 3.05) is 36.4 Å². The molecule has 0 spiro atoms. The Labute approximate surface area is 193 Å². The van der Waals surface area contributed by atoms with Crippen molar-refractivity contribution < 1.29 is 24.2 Å². The summed E-state index contributed by atoms with van der Waals surface area (Å²) >= 11 is 0. The highest BCUT2D eigenvalue weighted by atomic mass is 35.5. The van der Waals surface area contributed by atoms with Crippen molar-refractivity contribution in [2.45, 2.75) is 32.0 Å². The molecule has 2 aliphatic heterocycles. The highest BCUT2D eigenvalue weighted by Gasteiger charge is 2.34. The number of piperidine rings is 1. The second-order valence-corrected chi connectivity index (χ2v) is 7.96. The monoisotopic (exact) mass is 461 g/mol. The fraction of sp³-hybridized carbons (Fsp3) is 0.391. The maximum atomic E-state index is 12.2. The standard InChI is InChI=1S/C23H27N3O5.ClH/c1-16(27)24-17-2-8-20(9-3-17)30-21-10-12-25(13-11-21)14-22-15-26(23(29)31-22)18-4-6-19(28)7-5-18;/h2-9,21-22,28H,10-15H2,1H3,(H,24,27);1H/t22-;/m1./s1. The number of halogens is 1. The molecule has 9 heteroatoms. The number of phenols is 1. The summed E-state index contributed by atoms with van der Waals surface area (Å²) in [4.78, 5) is 27.2. The number of hydrogen-bond acceptors (Lipinski definition) is 6. The summed E-state index contributed by atoms with van der Waals surface area (Å²) in [5.41, 5.74) is 1.48. The van der Waals surface area contributed by atoms with Crippen LogP contribution in [0.4, 0.5) is 16.2 Å². The molecule has 2 aliphatic rings. The average Bonchev–Trinajstić information content (AvgIpc) is 3.11. The van der Waals surface area contributed by atoms with E-state index in [0.717, 1.165) is 43.1 Å². The van der Waals surface area contributed by atoms with E-state index < -0.39 is 0 Å². The number of phenolic OH excluding ortho intramolecular Hbond substituents is 1. The van der Waals surface area contributed by atoms with E-state index in [4.69, 9.17) is 9.47 Å². The molecule has 1 atom stereocenters. The fourth-order valence-corrected chi connectivity index (χ4v) is 3.97.